The molecule has 164 valence electrons. The molecule has 2 aromatic heterocycles. The highest BCUT2D eigenvalue weighted by Crippen LogP contribution is 2.18. The van der Waals surface area contributed by atoms with E-state index in [4.69, 9.17) is 16.4 Å². The van der Waals surface area contributed by atoms with Crippen molar-refractivity contribution < 1.29 is 28.8 Å². The molecule has 2 atom stereocenters. The molecular formula is C15H15ClN8O6S. The fraction of sp³-hybridized carbons (Fsp3) is 0.333. The molecule has 3 heterocycles. The van der Waals surface area contributed by atoms with Gasteiger partial charge in [0, 0.05) is 5.38 Å². The number of thiazole rings is 1. The molecule has 3 N–H and O–H groups in total. The largest absolute Gasteiger partial charge is 0.464 e. The monoisotopic (exact) mass is 470 g/mol. The van der Waals surface area contributed by atoms with Crippen LogP contribution in [0.3, 0.4) is 0 Å². The number of esters is 1. The molecule has 3 amide bonds. The van der Waals surface area contributed by atoms with Gasteiger partial charge in [0.15, 0.2) is 23.6 Å². The van der Waals surface area contributed by atoms with E-state index in [1.165, 1.54) is 29.3 Å². The Bertz CT molecular complexity index is 1020. The lowest BCUT2D eigenvalue weighted by Gasteiger charge is -2.36. The first-order valence-electron chi connectivity index (χ1n) is 8.48. The highest BCUT2D eigenvalue weighted by Gasteiger charge is 2.42. The molecule has 14 nitrogen and oxygen atoms in total. The van der Waals surface area contributed by atoms with Gasteiger partial charge in [-0.15, -0.1) is 28.0 Å². The van der Waals surface area contributed by atoms with Crippen molar-refractivity contribution in [3.8, 4) is 0 Å². The number of aromatic nitrogens is 4. The normalized spacial score (nSPS) is 17.5. The summed E-state index contributed by atoms with van der Waals surface area (Å²) >= 11 is 6.58. The van der Waals surface area contributed by atoms with Crippen LogP contribution in [0.2, 0.25) is 0 Å². The van der Waals surface area contributed by atoms with Crippen LogP contribution >= 0.6 is 22.9 Å². The molecule has 3 rings (SSSR count). The van der Waals surface area contributed by atoms with Gasteiger partial charge in [0.05, 0.1) is 19.0 Å². The Morgan fingerprint density at radius 2 is 2.26 bits per heavy atom. The van der Waals surface area contributed by atoms with Crippen molar-refractivity contribution in [2.75, 3.05) is 18.3 Å². The highest BCUT2D eigenvalue weighted by atomic mass is 35.5. The van der Waals surface area contributed by atoms with Gasteiger partial charge >= 0.3 is 5.97 Å². The van der Waals surface area contributed by atoms with E-state index in [1.54, 1.807) is 5.38 Å². The second-order valence-electron chi connectivity index (χ2n) is 5.85. The molecule has 0 spiro atoms. The lowest BCUT2D eigenvalue weighted by atomic mass is 10.1. The summed E-state index contributed by atoms with van der Waals surface area (Å²) in [4.78, 5) is 55.4. The van der Waals surface area contributed by atoms with Gasteiger partial charge in [-0.05, 0) is 0 Å². The first kappa shape index (κ1) is 22.1. The van der Waals surface area contributed by atoms with Gasteiger partial charge in [0.25, 0.3) is 5.91 Å². The minimum atomic E-state index is -0.946. The average molecular weight is 471 g/mol. The molecule has 0 saturated carbocycles. The fourth-order valence-corrected chi connectivity index (χ4v) is 3.08. The molecule has 0 aromatic carbocycles. The van der Waals surface area contributed by atoms with E-state index in [-0.39, 0.29) is 24.1 Å². The molecule has 0 aliphatic carbocycles. The first-order chi connectivity index (χ1) is 14.9. The molecule has 1 aliphatic heterocycles. The predicted octanol–water partition coefficient (Wildman–Crippen LogP) is -0.986. The zero-order valence-corrected chi connectivity index (χ0v) is 17.3. The standard InChI is InChI=1S/C15H15ClN8O6S/c1-29-14(28)8-4-24(23-22-8)12-11(13(27)21-12)19-10(26)3-17-30-5-7-6-31-15(18-7)20-9(25)2-16/h3-4,6,11-12H,2,5H2,1H3,(H,19,26)(H,21,27)(H,18,20,25)/t11-,12+/m0/s1. The van der Waals surface area contributed by atoms with E-state index in [0.717, 1.165) is 6.21 Å². The van der Waals surface area contributed by atoms with E-state index in [9.17, 15) is 19.2 Å². The van der Waals surface area contributed by atoms with E-state index in [2.05, 4.69) is 41.1 Å². The number of rotatable bonds is 9. The quantitative estimate of drug-likeness (QED) is 0.136. The fourth-order valence-electron chi connectivity index (χ4n) is 2.30. The Hall–Kier alpha value is -3.59. The number of nitrogens with zero attached hydrogens (tertiary/aromatic N) is 5. The minimum Gasteiger partial charge on any atom is -0.464 e. The van der Waals surface area contributed by atoms with Crippen LogP contribution < -0.4 is 16.0 Å². The number of amides is 3. The van der Waals surface area contributed by atoms with Crippen LogP contribution in [-0.2, 0) is 30.6 Å². The number of alkyl halides is 1. The second-order valence-corrected chi connectivity index (χ2v) is 6.97. The van der Waals surface area contributed by atoms with E-state index in [1.807, 2.05) is 0 Å². The Morgan fingerprint density at radius 1 is 1.45 bits per heavy atom. The summed E-state index contributed by atoms with van der Waals surface area (Å²) in [5.41, 5.74) is 0.439. The Morgan fingerprint density at radius 3 is 2.97 bits per heavy atom. The van der Waals surface area contributed by atoms with Crippen LogP contribution in [0.25, 0.3) is 0 Å². The van der Waals surface area contributed by atoms with Gasteiger partial charge in [0.1, 0.15) is 18.1 Å². The highest BCUT2D eigenvalue weighted by molar-refractivity contribution is 7.13. The minimum absolute atomic E-state index is 0.0428. The molecule has 1 saturated heterocycles. The summed E-state index contributed by atoms with van der Waals surface area (Å²) in [7, 11) is 1.20. The smallest absolute Gasteiger partial charge is 0.360 e. The van der Waals surface area contributed by atoms with Crippen molar-refractivity contribution in [2.24, 2.45) is 5.16 Å². The summed E-state index contributed by atoms with van der Waals surface area (Å²) in [5, 5.41) is 20.3. The average Bonchev–Trinajstić information content (AvgIpc) is 3.42. The summed E-state index contributed by atoms with van der Waals surface area (Å²) < 4.78 is 5.75. The van der Waals surface area contributed by atoms with E-state index in [0.29, 0.717) is 10.8 Å². The number of hydrogen-bond donors (Lipinski definition) is 3. The summed E-state index contributed by atoms with van der Waals surface area (Å²) in [6.45, 7) is -0.0428. The molecule has 16 heteroatoms. The van der Waals surface area contributed by atoms with Crippen LogP contribution in [-0.4, -0.2) is 68.9 Å². The van der Waals surface area contributed by atoms with Crippen molar-refractivity contribution in [1.29, 1.82) is 0 Å². The number of carbonyl (C=O) groups is 4. The van der Waals surface area contributed by atoms with Gasteiger partial charge in [0.2, 0.25) is 11.8 Å². The molecule has 1 aliphatic rings. The zero-order valence-electron chi connectivity index (χ0n) is 15.8. The van der Waals surface area contributed by atoms with Crippen LogP contribution in [0.15, 0.2) is 16.7 Å². The van der Waals surface area contributed by atoms with Gasteiger partial charge in [-0.1, -0.05) is 10.4 Å². The summed E-state index contributed by atoms with van der Waals surface area (Å²) in [6, 6.07) is -0.946. The number of carbonyl (C=O) groups excluding carboxylic acids is 4. The first-order valence-corrected chi connectivity index (χ1v) is 9.89. The Kier molecular flexibility index (Phi) is 7.09. The van der Waals surface area contributed by atoms with Crippen molar-refractivity contribution in [3.05, 3.63) is 23.0 Å². The molecular weight excluding hydrogens is 456 g/mol. The molecule has 31 heavy (non-hydrogen) atoms. The molecule has 0 unspecified atom stereocenters. The second kappa shape index (κ2) is 9.94. The molecule has 2 aromatic rings. The lowest BCUT2D eigenvalue weighted by Crippen LogP contribution is -2.65. The summed E-state index contributed by atoms with van der Waals surface area (Å²) in [5.74, 6) is -2.39. The Balaban J connectivity index is 1.47. The number of anilines is 1. The predicted molar refractivity (Wildman–Crippen MR) is 105 cm³/mol. The molecule has 0 radical (unpaired) electrons. The number of halogens is 1. The number of hydrogen-bond acceptors (Lipinski definition) is 11. The van der Waals surface area contributed by atoms with Gasteiger partial charge < -0.3 is 25.5 Å². The third-order valence-electron chi connectivity index (χ3n) is 3.75. The third kappa shape index (κ3) is 5.52. The zero-order chi connectivity index (χ0) is 22.4. The van der Waals surface area contributed by atoms with Gasteiger partial charge in [-0.2, -0.15) is 0 Å². The maximum Gasteiger partial charge on any atom is 0.360 e. The van der Waals surface area contributed by atoms with Crippen molar-refractivity contribution >= 4 is 58.0 Å². The van der Waals surface area contributed by atoms with Crippen molar-refractivity contribution in [2.45, 2.75) is 18.8 Å². The van der Waals surface area contributed by atoms with Crippen molar-refractivity contribution in [1.82, 2.24) is 30.6 Å². The van der Waals surface area contributed by atoms with Crippen LogP contribution in [0, 0.1) is 0 Å². The number of oxime groups is 1. The third-order valence-corrected chi connectivity index (χ3v) is 4.80. The van der Waals surface area contributed by atoms with Crippen LogP contribution in [0.5, 0.6) is 0 Å². The van der Waals surface area contributed by atoms with Crippen LogP contribution in [0.4, 0.5) is 5.13 Å². The number of β-lactam (4-membered cyclic amide) rings is 1. The van der Waals surface area contributed by atoms with Gasteiger partial charge in [-0.25, -0.2) is 14.5 Å². The maximum atomic E-state index is 12.0. The maximum absolute atomic E-state index is 12.0. The number of ether oxygens (including phenoxy) is 1. The van der Waals surface area contributed by atoms with Gasteiger partial charge in [-0.3, -0.25) is 14.4 Å². The Labute approximate surface area is 182 Å². The van der Waals surface area contributed by atoms with Crippen molar-refractivity contribution in [3.63, 3.8) is 0 Å². The summed E-state index contributed by atoms with van der Waals surface area (Å²) in [6.07, 6.45) is 1.41. The molecule has 0 bridgehead atoms. The lowest BCUT2D eigenvalue weighted by molar-refractivity contribution is -0.137. The topological polar surface area (TPSA) is 179 Å². The van der Waals surface area contributed by atoms with E-state index >= 15 is 0 Å². The van der Waals surface area contributed by atoms with E-state index < -0.39 is 30.0 Å². The number of nitrogens with one attached hydrogen (secondary N) is 3. The SMILES string of the molecule is COC(=O)c1cn([C@H]2NC(=O)[C@H]2NC(=O)C=NOCc2csc(NC(=O)CCl)n2)nn1. The number of methoxy groups -OCH3 is 1. The van der Waals surface area contributed by atoms with Crippen LogP contribution in [0.1, 0.15) is 22.3 Å². The molecule has 1 fully saturated rings.